The third kappa shape index (κ3) is 2.32. The highest BCUT2D eigenvalue weighted by atomic mass is 35.5. The van der Waals surface area contributed by atoms with Gasteiger partial charge in [-0.2, -0.15) is 0 Å². The van der Waals surface area contributed by atoms with Gasteiger partial charge in [-0.1, -0.05) is 11.6 Å². The van der Waals surface area contributed by atoms with Gasteiger partial charge in [0.05, 0.1) is 10.2 Å². The fraction of sp³-hybridized carbons (Fsp3) is 0. The standard InChI is InChI=1S/C14H8ClNO2S/c15-9-3-1-8(2-4-9)13(18)14-16-11-6-5-10(17)7-12(11)19-14/h1-7,17H. The SMILES string of the molecule is O=C(c1ccc(Cl)cc1)c1nc2ccc(O)cc2s1. The number of thiazole rings is 1. The summed E-state index contributed by atoms with van der Waals surface area (Å²) in [5.74, 6) is 0.0269. The summed E-state index contributed by atoms with van der Waals surface area (Å²) < 4.78 is 0.789. The number of nitrogens with zero attached hydrogens (tertiary/aromatic N) is 1. The third-order valence-corrected chi connectivity index (χ3v) is 3.94. The van der Waals surface area contributed by atoms with Gasteiger partial charge in [0.1, 0.15) is 5.75 Å². The molecule has 0 aliphatic rings. The van der Waals surface area contributed by atoms with Crippen molar-refractivity contribution in [2.24, 2.45) is 0 Å². The Labute approximate surface area is 118 Å². The van der Waals surface area contributed by atoms with Crippen molar-refractivity contribution in [2.45, 2.75) is 0 Å². The van der Waals surface area contributed by atoms with Crippen LogP contribution in [0.2, 0.25) is 5.02 Å². The molecule has 2 aromatic carbocycles. The average Bonchev–Trinajstić information content (AvgIpc) is 2.81. The van der Waals surface area contributed by atoms with Crippen LogP contribution in [0.3, 0.4) is 0 Å². The van der Waals surface area contributed by atoms with Crippen molar-refractivity contribution in [2.75, 3.05) is 0 Å². The first-order valence-corrected chi connectivity index (χ1v) is 6.73. The number of phenolic OH excluding ortho intramolecular Hbond substituents is 1. The number of aromatic nitrogens is 1. The van der Waals surface area contributed by atoms with Gasteiger partial charge in [0.15, 0.2) is 5.01 Å². The molecular weight excluding hydrogens is 282 g/mol. The summed E-state index contributed by atoms with van der Waals surface area (Å²) in [6.07, 6.45) is 0. The summed E-state index contributed by atoms with van der Waals surface area (Å²) in [5.41, 5.74) is 1.26. The summed E-state index contributed by atoms with van der Waals surface area (Å²) in [6.45, 7) is 0. The van der Waals surface area contributed by atoms with Crippen LogP contribution in [0.25, 0.3) is 10.2 Å². The molecule has 0 aliphatic carbocycles. The van der Waals surface area contributed by atoms with Gasteiger partial charge in [-0.25, -0.2) is 4.98 Å². The number of fused-ring (bicyclic) bond motifs is 1. The molecule has 0 aliphatic heterocycles. The van der Waals surface area contributed by atoms with Crippen LogP contribution in [0.4, 0.5) is 0 Å². The van der Waals surface area contributed by atoms with Crippen molar-refractivity contribution in [1.82, 2.24) is 4.98 Å². The van der Waals surface area contributed by atoms with Crippen molar-refractivity contribution >= 4 is 38.9 Å². The molecule has 0 spiro atoms. The van der Waals surface area contributed by atoms with Crippen LogP contribution in [0.15, 0.2) is 42.5 Å². The fourth-order valence-corrected chi connectivity index (χ4v) is 2.82. The Bertz CT molecular complexity index is 765. The van der Waals surface area contributed by atoms with Gasteiger partial charge in [0, 0.05) is 10.6 Å². The summed E-state index contributed by atoms with van der Waals surface area (Å²) in [5, 5.41) is 10.4. The van der Waals surface area contributed by atoms with Crippen LogP contribution in [0.5, 0.6) is 5.75 Å². The van der Waals surface area contributed by atoms with E-state index in [1.807, 2.05) is 0 Å². The van der Waals surface area contributed by atoms with E-state index < -0.39 is 0 Å². The number of carbonyl (C=O) groups excluding carboxylic acids is 1. The predicted octanol–water partition coefficient (Wildman–Crippen LogP) is 3.89. The number of benzene rings is 2. The molecule has 1 heterocycles. The van der Waals surface area contributed by atoms with Crippen molar-refractivity contribution in [3.63, 3.8) is 0 Å². The largest absolute Gasteiger partial charge is 0.508 e. The van der Waals surface area contributed by atoms with Crippen LogP contribution in [0.1, 0.15) is 15.4 Å². The summed E-state index contributed by atoms with van der Waals surface area (Å²) in [7, 11) is 0. The molecule has 19 heavy (non-hydrogen) atoms. The first kappa shape index (κ1) is 12.1. The maximum absolute atomic E-state index is 12.3. The lowest BCUT2D eigenvalue weighted by Gasteiger charge is -1.96. The molecular formula is C14H8ClNO2S. The van der Waals surface area contributed by atoms with E-state index in [9.17, 15) is 9.90 Å². The van der Waals surface area contributed by atoms with Gasteiger partial charge in [-0.3, -0.25) is 4.79 Å². The van der Waals surface area contributed by atoms with E-state index in [1.165, 1.54) is 11.3 Å². The number of phenols is 1. The number of halogens is 1. The highest BCUT2D eigenvalue weighted by Gasteiger charge is 2.14. The summed E-state index contributed by atoms with van der Waals surface area (Å²) in [4.78, 5) is 16.5. The lowest BCUT2D eigenvalue weighted by molar-refractivity contribution is 0.103. The number of ketones is 1. The molecule has 0 amide bonds. The van der Waals surface area contributed by atoms with Crippen molar-refractivity contribution in [3.8, 4) is 5.75 Å². The second kappa shape index (κ2) is 4.64. The second-order valence-corrected chi connectivity index (χ2v) is 5.47. The first-order valence-electron chi connectivity index (χ1n) is 5.53. The molecule has 0 bridgehead atoms. The Morgan fingerprint density at radius 2 is 1.89 bits per heavy atom. The molecule has 0 saturated carbocycles. The quantitative estimate of drug-likeness (QED) is 0.728. The Morgan fingerprint density at radius 3 is 2.63 bits per heavy atom. The van der Waals surface area contributed by atoms with Gasteiger partial charge >= 0.3 is 0 Å². The van der Waals surface area contributed by atoms with Gasteiger partial charge in [-0.05, 0) is 42.5 Å². The van der Waals surface area contributed by atoms with Gasteiger partial charge < -0.3 is 5.11 Å². The maximum atomic E-state index is 12.3. The topological polar surface area (TPSA) is 50.2 Å². The molecule has 0 fully saturated rings. The van der Waals surface area contributed by atoms with E-state index in [4.69, 9.17) is 11.6 Å². The molecule has 1 aromatic heterocycles. The van der Waals surface area contributed by atoms with Crippen LogP contribution in [-0.4, -0.2) is 15.9 Å². The zero-order valence-electron chi connectivity index (χ0n) is 9.63. The lowest BCUT2D eigenvalue weighted by atomic mass is 10.1. The maximum Gasteiger partial charge on any atom is 0.221 e. The first-order chi connectivity index (χ1) is 9.13. The molecule has 0 atom stereocenters. The number of carbonyl (C=O) groups is 1. The molecule has 0 radical (unpaired) electrons. The second-order valence-electron chi connectivity index (χ2n) is 4.01. The minimum Gasteiger partial charge on any atom is -0.508 e. The Balaban J connectivity index is 2.04. The predicted molar refractivity (Wildman–Crippen MR) is 76.2 cm³/mol. The van der Waals surface area contributed by atoms with Crippen LogP contribution in [0, 0.1) is 0 Å². The summed E-state index contributed by atoms with van der Waals surface area (Å²) in [6, 6.07) is 11.5. The normalized spacial score (nSPS) is 10.8. The summed E-state index contributed by atoms with van der Waals surface area (Å²) >= 11 is 7.06. The van der Waals surface area contributed by atoms with E-state index in [2.05, 4.69) is 4.98 Å². The van der Waals surface area contributed by atoms with Crippen molar-refractivity contribution in [1.29, 1.82) is 0 Å². The molecule has 0 unspecified atom stereocenters. The van der Waals surface area contributed by atoms with E-state index in [-0.39, 0.29) is 11.5 Å². The van der Waals surface area contributed by atoms with Crippen LogP contribution >= 0.6 is 22.9 Å². The van der Waals surface area contributed by atoms with E-state index >= 15 is 0 Å². The molecule has 5 heteroatoms. The number of aromatic hydroxyl groups is 1. The molecule has 94 valence electrons. The van der Waals surface area contributed by atoms with Crippen LogP contribution in [-0.2, 0) is 0 Å². The molecule has 0 saturated heterocycles. The van der Waals surface area contributed by atoms with E-state index in [1.54, 1.807) is 42.5 Å². The minimum absolute atomic E-state index is 0.141. The van der Waals surface area contributed by atoms with Crippen molar-refractivity contribution in [3.05, 3.63) is 58.1 Å². The van der Waals surface area contributed by atoms with Gasteiger partial charge in [-0.15, -0.1) is 11.3 Å². The number of hydrogen-bond acceptors (Lipinski definition) is 4. The zero-order chi connectivity index (χ0) is 13.4. The smallest absolute Gasteiger partial charge is 0.221 e. The molecule has 3 nitrogen and oxygen atoms in total. The third-order valence-electron chi connectivity index (χ3n) is 2.67. The number of hydrogen-bond donors (Lipinski definition) is 1. The molecule has 1 N–H and O–H groups in total. The minimum atomic E-state index is -0.141. The highest BCUT2D eigenvalue weighted by molar-refractivity contribution is 7.20. The highest BCUT2D eigenvalue weighted by Crippen LogP contribution is 2.27. The lowest BCUT2D eigenvalue weighted by Crippen LogP contribution is -1.99. The molecule has 3 aromatic rings. The Kier molecular flexibility index (Phi) is 2.97. The van der Waals surface area contributed by atoms with Crippen LogP contribution < -0.4 is 0 Å². The van der Waals surface area contributed by atoms with E-state index in [0.29, 0.717) is 21.1 Å². The number of rotatable bonds is 2. The monoisotopic (exact) mass is 289 g/mol. The average molecular weight is 290 g/mol. The fourth-order valence-electron chi connectivity index (χ4n) is 1.74. The van der Waals surface area contributed by atoms with Gasteiger partial charge in [0.2, 0.25) is 5.78 Å². The van der Waals surface area contributed by atoms with E-state index in [0.717, 1.165) is 4.70 Å². The Hall–Kier alpha value is -1.91. The Morgan fingerprint density at radius 1 is 1.16 bits per heavy atom. The van der Waals surface area contributed by atoms with Crippen molar-refractivity contribution < 1.29 is 9.90 Å². The zero-order valence-corrected chi connectivity index (χ0v) is 11.2. The molecule has 3 rings (SSSR count). The van der Waals surface area contributed by atoms with Gasteiger partial charge in [0.25, 0.3) is 0 Å².